The molecular weight excluding hydrogens is 234 g/mol. The van der Waals surface area contributed by atoms with Crippen LogP contribution in [0.4, 0.5) is 0 Å². The minimum Gasteiger partial charge on any atom is -0.390 e. The molecule has 2 unspecified atom stereocenters. The van der Waals surface area contributed by atoms with Crippen LogP contribution in [0.5, 0.6) is 0 Å². The van der Waals surface area contributed by atoms with Crippen LogP contribution in [-0.4, -0.2) is 75.0 Å². The largest absolute Gasteiger partial charge is 0.390 e. The molecule has 0 spiro atoms. The second kappa shape index (κ2) is 5.92. The molecule has 5 nitrogen and oxygen atoms in total. The molecule has 7 atom stereocenters. The first-order valence-corrected chi connectivity index (χ1v) is 6.32. The van der Waals surface area contributed by atoms with Gasteiger partial charge in [-0.3, -0.25) is 0 Å². The standard InChI is InChI=1S/C11H18B2O5/c1-2-6-9(15)10(11(13)18-6)16-4-7-5(14)3-8(12)17-7/h5-11,14-15H,2-4H2,1H3/t5?,6-,7-,8-,9?,10+,11-/m1/s1. The van der Waals surface area contributed by atoms with Crippen LogP contribution in [0.15, 0.2) is 0 Å². The summed E-state index contributed by atoms with van der Waals surface area (Å²) in [5, 5.41) is 19.6. The van der Waals surface area contributed by atoms with Crippen molar-refractivity contribution in [3.05, 3.63) is 0 Å². The van der Waals surface area contributed by atoms with Gasteiger partial charge in [0.05, 0.1) is 18.8 Å². The monoisotopic (exact) mass is 252 g/mol. The van der Waals surface area contributed by atoms with E-state index in [9.17, 15) is 10.2 Å². The molecule has 2 fully saturated rings. The van der Waals surface area contributed by atoms with Crippen molar-refractivity contribution >= 4 is 15.7 Å². The first kappa shape index (κ1) is 14.3. The van der Waals surface area contributed by atoms with Gasteiger partial charge in [0.2, 0.25) is 0 Å². The lowest BCUT2D eigenvalue weighted by Gasteiger charge is -2.22. The molecule has 2 heterocycles. The summed E-state index contributed by atoms with van der Waals surface area (Å²) in [5.74, 6) is 0. The Hall–Kier alpha value is -0.0701. The summed E-state index contributed by atoms with van der Waals surface area (Å²) < 4.78 is 16.2. The molecular formula is C11H18B2O5. The molecule has 0 saturated carbocycles. The number of hydrogen-bond donors (Lipinski definition) is 2. The summed E-state index contributed by atoms with van der Waals surface area (Å²) in [6.45, 7) is 2.05. The fourth-order valence-electron chi connectivity index (χ4n) is 2.41. The van der Waals surface area contributed by atoms with Gasteiger partial charge in [-0.25, -0.2) is 0 Å². The Morgan fingerprint density at radius 1 is 1.22 bits per heavy atom. The van der Waals surface area contributed by atoms with Crippen molar-refractivity contribution in [1.29, 1.82) is 0 Å². The van der Waals surface area contributed by atoms with Gasteiger partial charge >= 0.3 is 0 Å². The first-order valence-electron chi connectivity index (χ1n) is 6.32. The number of rotatable bonds is 4. The quantitative estimate of drug-likeness (QED) is 0.607. The van der Waals surface area contributed by atoms with Crippen LogP contribution in [-0.2, 0) is 14.2 Å². The topological polar surface area (TPSA) is 68.2 Å². The van der Waals surface area contributed by atoms with E-state index < -0.39 is 36.4 Å². The maximum absolute atomic E-state index is 9.95. The van der Waals surface area contributed by atoms with Crippen molar-refractivity contribution in [3.63, 3.8) is 0 Å². The van der Waals surface area contributed by atoms with Crippen molar-refractivity contribution in [2.45, 2.75) is 62.3 Å². The second-order valence-corrected chi connectivity index (χ2v) is 4.85. The minimum atomic E-state index is -0.753. The Bertz CT molecular complexity index is 280. The van der Waals surface area contributed by atoms with Crippen LogP contribution >= 0.6 is 0 Å². The molecule has 0 aromatic heterocycles. The van der Waals surface area contributed by atoms with Crippen molar-refractivity contribution in [2.75, 3.05) is 6.61 Å². The van der Waals surface area contributed by atoms with E-state index in [1.165, 1.54) is 0 Å². The van der Waals surface area contributed by atoms with Crippen LogP contribution in [0.3, 0.4) is 0 Å². The van der Waals surface area contributed by atoms with Gasteiger partial charge in [0.1, 0.15) is 34.0 Å². The van der Waals surface area contributed by atoms with Crippen molar-refractivity contribution in [2.24, 2.45) is 0 Å². The highest BCUT2D eigenvalue weighted by atomic mass is 16.6. The zero-order chi connectivity index (χ0) is 13.3. The highest BCUT2D eigenvalue weighted by Gasteiger charge is 2.41. The molecule has 0 bridgehead atoms. The molecule has 2 N–H and O–H groups in total. The van der Waals surface area contributed by atoms with Gasteiger partial charge < -0.3 is 24.4 Å². The van der Waals surface area contributed by atoms with E-state index in [4.69, 9.17) is 29.9 Å². The Kier molecular flexibility index (Phi) is 4.72. The molecule has 2 saturated heterocycles. The van der Waals surface area contributed by atoms with Crippen LogP contribution in [0.1, 0.15) is 19.8 Å². The minimum absolute atomic E-state index is 0.143. The highest BCUT2D eigenvalue weighted by molar-refractivity contribution is 6.11. The van der Waals surface area contributed by atoms with Crippen LogP contribution in [0, 0.1) is 0 Å². The Balaban J connectivity index is 1.83. The van der Waals surface area contributed by atoms with E-state index in [-0.39, 0.29) is 12.7 Å². The fraction of sp³-hybridized carbons (Fsp3) is 1.00. The molecule has 18 heavy (non-hydrogen) atoms. The molecule has 7 heteroatoms. The number of aliphatic hydroxyl groups excluding tert-OH is 2. The van der Waals surface area contributed by atoms with E-state index >= 15 is 0 Å². The van der Waals surface area contributed by atoms with E-state index in [2.05, 4.69) is 0 Å². The van der Waals surface area contributed by atoms with Gasteiger partial charge in [0, 0.05) is 12.0 Å². The number of ether oxygens (including phenoxy) is 3. The van der Waals surface area contributed by atoms with Crippen molar-refractivity contribution in [3.8, 4) is 0 Å². The summed E-state index contributed by atoms with van der Waals surface area (Å²) in [5.41, 5.74) is 0. The fourth-order valence-corrected chi connectivity index (χ4v) is 2.41. The molecule has 2 rings (SSSR count). The average molecular weight is 252 g/mol. The Morgan fingerprint density at radius 2 is 1.94 bits per heavy atom. The van der Waals surface area contributed by atoms with E-state index in [1.54, 1.807) is 0 Å². The van der Waals surface area contributed by atoms with Gasteiger partial charge in [0.15, 0.2) is 0 Å². The number of hydrogen-bond acceptors (Lipinski definition) is 5. The Labute approximate surface area is 110 Å². The average Bonchev–Trinajstić information content (AvgIpc) is 2.77. The van der Waals surface area contributed by atoms with Gasteiger partial charge in [-0.05, 0) is 12.8 Å². The molecule has 4 radical (unpaired) electrons. The normalized spacial score (nSPS) is 48.7. The summed E-state index contributed by atoms with van der Waals surface area (Å²) >= 11 is 0. The SMILES string of the molecule is [B][C@@H]1O[C@H](CC)C(O)[C@@H]1OC[C@H]1O[C@@H]([B])CC1O. The predicted octanol–water partition coefficient (Wildman–Crippen LogP) is -1.32. The van der Waals surface area contributed by atoms with Gasteiger partial charge in [-0.15, -0.1) is 0 Å². The zero-order valence-corrected chi connectivity index (χ0v) is 10.4. The van der Waals surface area contributed by atoms with Crippen LogP contribution < -0.4 is 0 Å². The summed E-state index contributed by atoms with van der Waals surface area (Å²) in [6, 6.07) is -1.12. The van der Waals surface area contributed by atoms with E-state index in [0.29, 0.717) is 12.8 Å². The zero-order valence-electron chi connectivity index (χ0n) is 10.4. The lowest BCUT2D eigenvalue weighted by molar-refractivity contribution is -0.0814. The third-order valence-electron chi connectivity index (χ3n) is 3.48. The summed E-state index contributed by atoms with van der Waals surface area (Å²) in [6.07, 6.45) is -1.71. The second-order valence-electron chi connectivity index (χ2n) is 4.85. The lowest BCUT2D eigenvalue weighted by Crippen LogP contribution is -2.39. The summed E-state index contributed by atoms with van der Waals surface area (Å²) in [7, 11) is 11.3. The summed E-state index contributed by atoms with van der Waals surface area (Å²) in [4.78, 5) is 0. The van der Waals surface area contributed by atoms with Crippen LogP contribution in [0.2, 0.25) is 0 Å². The molecule has 0 aromatic rings. The molecule has 98 valence electrons. The van der Waals surface area contributed by atoms with E-state index in [1.807, 2.05) is 6.92 Å². The Morgan fingerprint density at radius 3 is 2.44 bits per heavy atom. The predicted molar refractivity (Wildman–Crippen MR) is 65.5 cm³/mol. The molecule has 2 aliphatic rings. The smallest absolute Gasteiger partial charge is 0.112 e. The van der Waals surface area contributed by atoms with Crippen molar-refractivity contribution in [1.82, 2.24) is 0 Å². The number of aliphatic hydroxyl groups is 2. The maximum atomic E-state index is 9.95. The van der Waals surface area contributed by atoms with Crippen LogP contribution in [0.25, 0.3) is 0 Å². The van der Waals surface area contributed by atoms with E-state index in [0.717, 1.165) is 0 Å². The molecule has 0 aromatic carbocycles. The molecule has 0 amide bonds. The molecule has 0 aliphatic carbocycles. The molecule has 2 aliphatic heterocycles. The lowest BCUT2D eigenvalue weighted by atomic mass is 9.92. The third-order valence-corrected chi connectivity index (χ3v) is 3.48. The first-order chi connectivity index (χ1) is 8.52. The highest BCUT2D eigenvalue weighted by Crippen LogP contribution is 2.26. The van der Waals surface area contributed by atoms with Gasteiger partial charge in [-0.1, -0.05) is 6.92 Å². The maximum Gasteiger partial charge on any atom is 0.112 e. The third kappa shape index (κ3) is 2.91. The van der Waals surface area contributed by atoms with Crippen molar-refractivity contribution < 1.29 is 24.4 Å². The van der Waals surface area contributed by atoms with Gasteiger partial charge in [-0.2, -0.15) is 0 Å². The van der Waals surface area contributed by atoms with Gasteiger partial charge in [0.25, 0.3) is 0 Å².